The van der Waals surface area contributed by atoms with Crippen molar-refractivity contribution >= 4 is 22.5 Å². The number of hydrogen-bond acceptors (Lipinski definition) is 3. The summed E-state index contributed by atoms with van der Waals surface area (Å²) in [7, 11) is 0. The Kier molecular flexibility index (Phi) is 1.02. The maximum Gasteiger partial charge on any atom is 0.275 e. The molecule has 1 aliphatic rings. The Bertz CT molecular complexity index is 516. The van der Waals surface area contributed by atoms with E-state index in [9.17, 15) is 4.79 Å². The first-order valence-electron chi connectivity index (χ1n) is 3.91. The summed E-state index contributed by atoms with van der Waals surface area (Å²) in [4.78, 5) is 19.4. The monoisotopic (exact) mass is 171 g/mol. The van der Waals surface area contributed by atoms with Gasteiger partial charge in [0.2, 0.25) is 0 Å². The van der Waals surface area contributed by atoms with Gasteiger partial charge in [-0.3, -0.25) is 4.79 Å². The average Bonchev–Trinajstić information content (AvgIpc) is 2.47. The fraction of sp³-hybridized carbons (Fsp3) is 0. The molecule has 4 heteroatoms. The van der Waals surface area contributed by atoms with Crippen LogP contribution in [0.5, 0.6) is 0 Å². The second-order valence-corrected chi connectivity index (χ2v) is 2.88. The van der Waals surface area contributed by atoms with Crippen LogP contribution in [0.2, 0.25) is 0 Å². The van der Waals surface area contributed by atoms with Gasteiger partial charge in [0.1, 0.15) is 12.0 Å². The molecular formula is C9H5N3O. The van der Waals surface area contributed by atoms with Crippen molar-refractivity contribution in [3.8, 4) is 0 Å². The molecule has 0 radical (unpaired) electrons. The molecule has 4 nitrogen and oxygen atoms in total. The largest absolute Gasteiger partial charge is 0.320 e. The van der Waals surface area contributed by atoms with E-state index in [1.165, 1.54) is 6.33 Å². The Balaban J connectivity index is 2.58. The second-order valence-electron chi connectivity index (χ2n) is 2.88. The van der Waals surface area contributed by atoms with Crippen LogP contribution in [0.3, 0.4) is 0 Å². The first kappa shape index (κ1) is 6.54. The van der Waals surface area contributed by atoms with E-state index in [4.69, 9.17) is 0 Å². The molecule has 1 amide bonds. The lowest BCUT2D eigenvalue weighted by Crippen LogP contribution is -2.05. The van der Waals surface area contributed by atoms with E-state index in [1.807, 2.05) is 18.2 Å². The fourth-order valence-electron chi connectivity index (χ4n) is 1.57. The summed E-state index contributed by atoms with van der Waals surface area (Å²) >= 11 is 0. The van der Waals surface area contributed by atoms with Gasteiger partial charge < -0.3 is 5.32 Å². The van der Waals surface area contributed by atoms with Gasteiger partial charge in [-0.25, -0.2) is 9.97 Å². The first-order chi connectivity index (χ1) is 6.36. The van der Waals surface area contributed by atoms with Crippen LogP contribution in [-0.4, -0.2) is 15.9 Å². The van der Waals surface area contributed by atoms with Crippen molar-refractivity contribution in [3.05, 3.63) is 30.2 Å². The summed E-state index contributed by atoms with van der Waals surface area (Å²) in [6.07, 6.45) is 1.41. The summed E-state index contributed by atoms with van der Waals surface area (Å²) in [5.41, 5.74) is 2.08. The molecule has 0 bridgehead atoms. The quantitative estimate of drug-likeness (QED) is 0.647. The maximum absolute atomic E-state index is 11.3. The van der Waals surface area contributed by atoms with Gasteiger partial charge in [-0.15, -0.1) is 0 Å². The minimum Gasteiger partial charge on any atom is -0.320 e. The Morgan fingerprint density at radius 2 is 2.15 bits per heavy atom. The van der Waals surface area contributed by atoms with Gasteiger partial charge in [0, 0.05) is 0 Å². The highest BCUT2D eigenvalue weighted by Crippen LogP contribution is 2.29. The summed E-state index contributed by atoms with van der Waals surface area (Å²) in [5, 5.41) is 3.56. The Morgan fingerprint density at radius 3 is 3.08 bits per heavy atom. The number of nitrogens with one attached hydrogen (secondary N) is 1. The van der Waals surface area contributed by atoms with E-state index in [2.05, 4.69) is 15.3 Å². The summed E-state index contributed by atoms with van der Waals surface area (Å²) < 4.78 is 0. The van der Waals surface area contributed by atoms with Crippen LogP contribution in [0.4, 0.5) is 5.69 Å². The molecule has 1 aliphatic heterocycles. The molecule has 3 rings (SSSR count). The third kappa shape index (κ3) is 0.717. The van der Waals surface area contributed by atoms with E-state index in [0.29, 0.717) is 5.69 Å². The normalized spacial score (nSPS) is 13.4. The van der Waals surface area contributed by atoms with Gasteiger partial charge in [-0.1, -0.05) is 6.07 Å². The van der Waals surface area contributed by atoms with Crippen molar-refractivity contribution in [2.75, 3.05) is 5.32 Å². The molecule has 2 heterocycles. The number of carbonyl (C=O) groups is 1. The minimum absolute atomic E-state index is 0.145. The van der Waals surface area contributed by atoms with Gasteiger partial charge in [0.05, 0.1) is 16.6 Å². The van der Waals surface area contributed by atoms with Crippen molar-refractivity contribution in [3.63, 3.8) is 0 Å². The zero-order valence-electron chi connectivity index (χ0n) is 6.61. The van der Waals surface area contributed by atoms with Crippen LogP contribution in [0, 0.1) is 0 Å². The van der Waals surface area contributed by atoms with Crippen molar-refractivity contribution < 1.29 is 4.79 Å². The SMILES string of the molecule is O=C1Nc2cccc3ncnc1c23. The van der Waals surface area contributed by atoms with Crippen LogP contribution in [-0.2, 0) is 0 Å². The molecule has 0 aliphatic carbocycles. The predicted molar refractivity (Wildman–Crippen MR) is 47.5 cm³/mol. The zero-order chi connectivity index (χ0) is 8.84. The molecule has 0 fully saturated rings. The van der Waals surface area contributed by atoms with Crippen LogP contribution in [0.1, 0.15) is 10.5 Å². The Hall–Kier alpha value is -1.97. The molecule has 0 spiro atoms. The standard InChI is InChI=1S/C9H5N3O/c13-9-8-7-5(10-4-11-8)2-1-3-6(7)12-9/h1-4H,(H,12,13). The number of rotatable bonds is 0. The molecule has 1 aromatic heterocycles. The van der Waals surface area contributed by atoms with Gasteiger partial charge in [-0.05, 0) is 12.1 Å². The number of benzene rings is 1. The van der Waals surface area contributed by atoms with Crippen molar-refractivity contribution in [1.29, 1.82) is 0 Å². The minimum atomic E-state index is -0.145. The molecular weight excluding hydrogens is 166 g/mol. The number of nitrogens with zero attached hydrogens (tertiary/aromatic N) is 2. The molecule has 0 atom stereocenters. The molecule has 0 unspecified atom stereocenters. The van der Waals surface area contributed by atoms with Crippen LogP contribution in [0.25, 0.3) is 10.9 Å². The van der Waals surface area contributed by atoms with E-state index in [1.54, 1.807) is 0 Å². The van der Waals surface area contributed by atoms with Gasteiger partial charge in [-0.2, -0.15) is 0 Å². The molecule has 13 heavy (non-hydrogen) atoms. The van der Waals surface area contributed by atoms with E-state index in [0.717, 1.165) is 16.6 Å². The van der Waals surface area contributed by atoms with Crippen LogP contribution >= 0.6 is 0 Å². The van der Waals surface area contributed by atoms with E-state index >= 15 is 0 Å². The van der Waals surface area contributed by atoms with Crippen molar-refractivity contribution in [2.45, 2.75) is 0 Å². The topological polar surface area (TPSA) is 54.9 Å². The predicted octanol–water partition coefficient (Wildman–Crippen LogP) is 1.20. The van der Waals surface area contributed by atoms with Gasteiger partial charge in [0.25, 0.3) is 5.91 Å². The third-order valence-electron chi connectivity index (χ3n) is 2.13. The Labute approximate surface area is 73.6 Å². The highest BCUT2D eigenvalue weighted by atomic mass is 16.2. The lowest BCUT2D eigenvalue weighted by Gasteiger charge is -1.95. The molecule has 62 valence electrons. The number of amides is 1. The highest BCUT2D eigenvalue weighted by molar-refractivity contribution is 6.21. The Morgan fingerprint density at radius 1 is 1.23 bits per heavy atom. The van der Waals surface area contributed by atoms with Crippen molar-refractivity contribution in [1.82, 2.24) is 9.97 Å². The number of anilines is 1. The van der Waals surface area contributed by atoms with Crippen molar-refractivity contribution in [2.24, 2.45) is 0 Å². The summed E-state index contributed by atoms with van der Waals surface area (Å²) in [5.74, 6) is -0.145. The van der Waals surface area contributed by atoms with Gasteiger partial charge in [0.15, 0.2) is 0 Å². The highest BCUT2D eigenvalue weighted by Gasteiger charge is 2.22. The summed E-state index contributed by atoms with van der Waals surface area (Å²) in [6.45, 7) is 0. The average molecular weight is 171 g/mol. The van der Waals surface area contributed by atoms with Crippen LogP contribution < -0.4 is 5.32 Å². The fourth-order valence-corrected chi connectivity index (χ4v) is 1.57. The van der Waals surface area contributed by atoms with E-state index in [-0.39, 0.29) is 5.91 Å². The number of carbonyl (C=O) groups excluding carboxylic acids is 1. The first-order valence-corrected chi connectivity index (χ1v) is 3.91. The lowest BCUT2D eigenvalue weighted by molar-refractivity contribution is 0.102. The van der Waals surface area contributed by atoms with Crippen LogP contribution in [0.15, 0.2) is 24.5 Å². The maximum atomic E-state index is 11.3. The molecule has 0 saturated carbocycles. The van der Waals surface area contributed by atoms with E-state index < -0.39 is 0 Å². The molecule has 0 saturated heterocycles. The molecule has 1 N–H and O–H groups in total. The number of hydrogen-bond donors (Lipinski definition) is 1. The smallest absolute Gasteiger partial charge is 0.275 e. The molecule has 1 aromatic carbocycles. The molecule has 2 aromatic rings. The lowest BCUT2D eigenvalue weighted by atomic mass is 10.2. The second kappa shape index (κ2) is 2.04. The summed E-state index contributed by atoms with van der Waals surface area (Å²) in [6, 6.07) is 5.57. The third-order valence-corrected chi connectivity index (χ3v) is 2.13. The zero-order valence-corrected chi connectivity index (χ0v) is 6.61. The van der Waals surface area contributed by atoms with Gasteiger partial charge >= 0.3 is 0 Å². The number of aromatic nitrogens is 2.